The largest absolute Gasteiger partial charge is 0.347 e. The number of rotatable bonds is 8. The first-order valence-corrected chi connectivity index (χ1v) is 13.3. The Morgan fingerprint density at radius 3 is 2.47 bits per heavy atom. The fourth-order valence-electron chi connectivity index (χ4n) is 4.36. The lowest BCUT2D eigenvalue weighted by Gasteiger charge is -2.37. The molecule has 0 atom stereocenters. The predicted molar refractivity (Wildman–Crippen MR) is 137 cm³/mol. The van der Waals surface area contributed by atoms with Crippen molar-refractivity contribution < 1.29 is 23.9 Å². The minimum atomic E-state index is -0.521. The van der Waals surface area contributed by atoms with E-state index >= 15 is 0 Å². The van der Waals surface area contributed by atoms with Crippen LogP contribution >= 0.6 is 22.9 Å². The average Bonchev–Trinajstić information content (AvgIpc) is 3.48. The molecule has 2 aliphatic rings. The monoisotopic (exact) mass is 534 g/mol. The number of hydrogen-bond acceptors (Lipinski definition) is 7. The lowest BCUT2D eigenvalue weighted by molar-refractivity contribution is -0.187. The number of likely N-dealkylation sites (tertiary alicyclic amines) is 1. The van der Waals surface area contributed by atoms with Gasteiger partial charge in [0.2, 0.25) is 11.8 Å². The first-order chi connectivity index (χ1) is 17.2. The quantitative estimate of drug-likeness (QED) is 0.557. The summed E-state index contributed by atoms with van der Waals surface area (Å²) in [6.07, 6.45) is 1.49. The average molecular weight is 535 g/mol. The van der Waals surface area contributed by atoms with Gasteiger partial charge in [0.25, 0.3) is 5.91 Å². The fourth-order valence-corrected chi connectivity index (χ4v) is 5.21. The van der Waals surface area contributed by atoms with E-state index in [-0.39, 0.29) is 36.6 Å². The van der Waals surface area contributed by atoms with E-state index in [1.54, 1.807) is 34.5 Å². The zero-order valence-electron chi connectivity index (χ0n) is 20.5. The Bertz CT molecular complexity index is 1070. The first kappa shape index (κ1) is 26.5. The van der Waals surface area contributed by atoms with Crippen LogP contribution in [0.5, 0.6) is 0 Å². The van der Waals surface area contributed by atoms with Crippen LogP contribution in [0.1, 0.15) is 42.7 Å². The van der Waals surface area contributed by atoms with Crippen LogP contribution in [-0.2, 0) is 25.5 Å². The highest BCUT2D eigenvalue weighted by atomic mass is 35.5. The lowest BCUT2D eigenvalue weighted by atomic mass is 10.0. The molecule has 0 unspecified atom stereocenters. The number of aromatic nitrogens is 1. The summed E-state index contributed by atoms with van der Waals surface area (Å²) in [7, 11) is 0. The molecular formula is C25H31ClN4O5S. The number of benzene rings is 1. The van der Waals surface area contributed by atoms with Crippen LogP contribution in [0.3, 0.4) is 0 Å². The molecule has 2 aromatic rings. The molecular weight excluding hydrogens is 504 g/mol. The standard InChI is InChI=1S/C25H31ClN4O5S/c1-17(2)14-30(23(33)18-3-5-19(26)6-4-18)15-21(31)28-24-27-20(16-36-24)13-22(32)29-9-7-25(8-10-29)34-11-12-35-25/h3-6,16-17H,7-15H2,1-2H3,(H,27,28,31). The van der Waals surface area contributed by atoms with Crippen molar-refractivity contribution in [1.29, 1.82) is 0 Å². The molecule has 0 saturated carbocycles. The van der Waals surface area contributed by atoms with Crippen molar-refractivity contribution in [2.75, 3.05) is 44.7 Å². The van der Waals surface area contributed by atoms with Crippen molar-refractivity contribution in [2.45, 2.75) is 38.9 Å². The molecule has 194 valence electrons. The van der Waals surface area contributed by atoms with Crippen molar-refractivity contribution >= 4 is 45.8 Å². The number of nitrogens with one attached hydrogen (secondary N) is 1. The minimum Gasteiger partial charge on any atom is -0.347 e. The van der Waals surface area contributed by atoms with Crippen molar-refractivity contribution in [3.8, 4) is 0 Å². The van der Waals surface area contributed by atoms with Crippen LogP contribution in [0.4, 0.5) is 5.13 Å². The second-order valence-electron chi connectivity index (χ2n) is 9.44. The highest BCUT2D eigenvalue weighted by Crippen LogP contribution is 2.31. The summed E-state index contributed by atoms with van der Waals surface area (Å²) in [5, 5.41) is 5.47. The van der Waals surface area contributed by atoms with Crippen LogP contribution in [0.25, 0.3) is 0 Å². The van der Waals surface area contributed by atoms with E-state index in [0.717, 1.165) is 0 Å². The van der Waals surface area contributed by atoms with Crippen molar-refractivity contribution in [3.05, 3.63) is 45.9 Å². The second-order valence-corrected chi connectivity index (χ2v) is 10.7. The van der Waals surface area contributed by atoms with Crippen LogP contribution in [0, 0.1) is 5.92 Å². The minimum absolute atomic E-state index is 0.0114. The van der Waals surface area contributed by atoms with Crippen LogP contribution in [-0.4, -0.2) is 77.7 Å². The summed E-state index contributed by atoms with van der Waals surface area (Å²) in [5.74, 6) is -0.931. The van der Waals surface area contributed by atoms with Gasteiger partial charge in [-0.25, -0.2) is 4.98 Å². The van der Waals surface area contributed by atoms with Gasteiger partial charge >= 0.3 is 0 Å². The van der Waals surface area contributed by atoms with Gasteiger partial charge in [-0.2, -0.15) is 0 Å². The molecule has 3 heterocycles. The van der Waals surface area contributed by atoms with E-state index in [1.165, 1.54) is 16.2 Å². The molecule has 2 saturated heterocycles. The van der Waals surface area contributed by atoms with Gasteiger partial charge in [0.15, 0.2) is 10.9 Å². The molecule has 2 aliphatic heterocycles. The smallest absolute Gasteiger partial charge is 0.254 e. The Labute approximate surface area is 219 Å². The Kier molecular flexibility index (Phi) is 8.61. The first-order valence-electron chi connectivity index (χ1n) is 12.1. The summed E-state index contributed by atoms with van der Waals surface area (Å²) >= 11 is 7.19. The van der Waals surface area contributed by atoms with E-state index in [1.807, 2.05) is 13.8 Å². The number of halogens is 1. The van der Waals surface area contributed by atoms with Crippen LogP contribution in [0.15, 0.2) is 29.6 Å². The SMILES string of the molecule is CC(C)CN(CC(=O)Nc1nc(CC(=O)N2CCC3(CC2)OCCO3)cs1)C(=O)c1ccc(Cl)cc1. The van der Waals surface area contributed by atoms with Gasteiger partial charge in [-0.3, -0.25) is 14.4 Å². The number of carbonyl (C=O) groups is 3. The Morgan fingerprint density at radius 2 is 1.83 bits per heavy atom. The maximum absolute atomic E-state index is 13.0. The molecule has 1 spiro atoms. The highest BCUT2D eigenvalue weighted by molar-refractivity contribution is 7.13. The Balaban J connectivity index is 1.29. The molecule has 11 heteroatoms. The molecule has 0 radical (unpaired) electrons. The molecule has 9 nitrogen and oxygen atoms in total. The van der Waals surface area contributed by atoms with Crippen LogP contribution in [0.2, 0.25) is 5.02 Å². The van der Waals surface area contributed by atoms with E-state index in [2.05, 4.69) is 10.3 Å². The third-order valence-electron chi connectivity index (χ3n) is 6.12. The van der Waals surface area contributed by atoms with E-state index < -0.39 is 5.79 Å². The molecule has 4 rings (SSSR count). The van der Waals surface area contributed by atoms with Gasteiger partial charge in [0.1, 0.15) is 6.54 Å². The number of thiazole rings is 1. The molecule has 1 aromatic carbocycles. The Morgan fingerprint density at radius 1 is 1.17 bits per heavy atom. The third kappa shape index (κ3) is 6.82. The number of nitrogens with zero attached hydrogens (tertiary/aromatic N) is 3. The van der Waals surface area contributed by atoms with E-state index in [9.17, 15) is 14.4 Å². The lowest BCUT2D eigenvalue weighted by Crippen LogP contribution is -2.47. The summed E-state index contributed by atoms with van der Waals surface area (Å²) in [6.45, 7) is 6.67. The van der Waals surface area contributed by atoms with Gasteiger partial charge in [-0.05, 0) is 30.2 Å². The summed E-state index contributed by atoms with van der Waals surface area (Å²) in [5.41, 5.74) is 1.07. The zero-order chi connectivity index (χ0) is 25.7. The number of anilines is 1. The maximum atomic E-state index is 13.0. The molecule has 36 heavy (non-hydrogen) atoms. The highest BCUT2D eigenvalue weighted by Gasteiger charge is 2.40. The topological polar surface area (TPSA) is 101 Å². The molecule has 0 aliphatic carbocycles. The van der Waals surface area contributed by atoms with Crippen molar-refractivity contribution in [1.82, 2.24) is 14.8 Å². The van der Waals surface area contributed by atoms with Gasteiger partial charge in [-0.1, -0.05) is 25.4 Å². The maximum Gasteiger partial charge on any atom is 0.254 e. The van der Waals surface area contributed by atoms with E-state index in [0.29, 0.717) is 67.1 Å². The van der Waals surface area contributed by atoms with Gasteiger partial charge in [0.05, 0.1) is 25.3 Å². The van der Waals surface area contributed by atoms with Gasteiger partial charge in [0, 0.05) is 48.4 Å². The Hall–Kier alpha value is -2.53. The van der Waals surface area contributed by atoms with Gasteiger partial charge < -0.3 is 24.6 Å². The summed E-state index contributed by atoms with van der Waals surface area (Å²) in [4.78, 5) is 46.2. The number of amides is 3. The fraction of sp³-hybridized carbons (Fsp3) is 0.520. The number of ether oxygens (including phenoxy) is 2. The zero-order valence-corrected chi connectivity index (χ0v) is 22.1. The van der Waals surface area contributed by atoms with Crippen molar-refractivity contribution in [2.24, 2.45) is 5.92 Å². The normalized spacial score (nSPS) is 16.9. The number of piperidine rings is 1. The summed E-state index contributed by atoms with van der Waals surface area (Å²) in [6, 6.07) is 6.60. The predicted octanol–water partition coefficient (Wildman–Crippen LogP) is 3.44. The molecule has 1 N–H and O–H groups in total. The number of hydrogen-bond donors (Lipinski definition) is 1. The van der Waals surface area contributed by atoms with Crippen molar-refractivity contribution in [3.63, 3.8) is 0 Å². The second kappa shape index (κ2) is 11.7. The molecule has 2 fully saturated rings. The number of carbonyl (C=O) groups excluding carboxylic acids is 3. The molecule has 3 amide bonds. The van der Waals surface area contributed by atoms with E-state index in [4.69, 9.17) is 21.1 Å². The van der Waals surface area contributed by atoms with Crippen LogP contribution < -0.4 is 5.32 Å². The van der Waals surface area contributed by atoms with Gasteiger partial charge in [-0.15, -0.1) is 11.3 Å². The molecule has 0 bridgehead atoms. The third-order valence-corrected chi connectivity index (χ3v) is 7.18. The summed E-state index contributed by atoms with van der Waals surface area (Å²) < 4.78 is 11.4. The molecule has 1 aromatic heterocycles.